The minimum atomic E-state index is -3.43. The summed E-state index contributed by atoms with van der Waals surface area (Å²) in [5.41, 5.74) is 1.08. The lowest BCUT2D eigenvalue weighted by molar-refractivity contribution is 0.585. The van der Waals surface area contributed by atoms with Gasteiger partial charge in [0, 0.05) is 11.0 Å². The van der Waals surface area contributed by atoms with Crippen molar-refractivity contribution in [3.63, 3.8) is 0 Å². The minimum Gasteiger partial charge on any atom is -0.207 e. The highest BCUT2D eigenvalue weighted by Crippen LogP contribution is 2.20. The van der Waals surface area contributed by atoms with Crippen molar-refractivity contribution in [1.29, 1.82) is 0 Å². The van der Waals surface area contributed by atoms with Gasteiger partial charge in [0.1, 0.15) is 0 Å². The van der Waals surface area contributed by atoms with Crippen LogP contribution in [0, 0.1) is 0 Å². The molecule has 0 saturated heterocycles. The van der Waals surface area contributed by atoms with Crippen LogP contribution in [-0.4, -0.2) is 15.0 Å². The fraction of sp³-hybridized carbons (Fsp3) is 0.273. The highest BCUT2D eigenvalue weighted by molar-refractivity contribution is 9.10. The average Bonchev–Trinajstić information content (AvgIpc) is 2.17. The van der Waals surface area contributed by atoms with Crippen LogP contribution < -0.4 is 4.72 Å². The van der Waals surface area contributed by atoms with E-state index in [9.17, 15) is 8.42 Å². The fourth-order valence-electron chi connectivity index (χ4n) is 1.10. The Labute approximate surface area is 105 Å². The third-order valence-electron chi connectivity index (χ3n) is 1.91. The predicted octanol–water partition coefficient (Wildman–Crippen LogP) is 2.69. The van der Waals surface area contributed by atoms with Crippen molar-refractivity contribution in [2.75, 3.05) is 6.54 Å². The van der Waals surface area contributed by atoms with Crippen LogP contribution in [0.25, 0.3) is 0 Å². The Morgan fingerprint density at radius 3 is 2.56 bits per heavy atom. The van der Waals surface area contributed by atoms with Gasteiger partial charge in [-0.2, -0.15) is 0 Å². The zero-order chi connectivity index (χ0) is 12.2. The molecule has 0 bridgehead atoms. The van der Waals surface area contributed by atoms with E-state index in [1.54, 1.807) is 24.3 Å². The van der Waals surface area contributed by atoms with Crippen LogP contribution in [0.15, 0.2) is 45.3 Å². The van der Waals surface area contributed by atoms with Crippen molar-refractivity contribution in [2.45, 2.75) is 18.7 Å². The van der Waals surface area contributed by atoms with E-state index < -0.39 is 10.0 Å². The van der Waals surface area contributed by atoms with Crippen LogP contribution in [0.2, 0.25) is 0 Å². The van der Waals surface area contributed by atoms with Crippen LogP contribution in [0.1, 0.15) is 13.8 Å². The molecule has 0 aliphatic carbocycles. The van der Waals surface area contributed by atoms with Gasteiger partial charge in [-0.05, 0) is 41.9 Å². The third kappa shape index (κ3) is 3.73. The van der Waals surface area contributed by atoms with Gasteiger partial charge in [-0.15, -0.1) is 0 Å². The number of hydrogen-bond donors (Lipinski definition) is 1. The van der Waals surface area contributed by atoms with Crippen molar-refractivity contribution in [3.8, 4) is 0 Å². The normalized spacial score (nSPS) is 11.2. The van der Waals surface area contributed by atoms with Gasteiger partial charge in [-0.25, -0.2) is 13.1 Å². The Kier molecular flexibility index (Phi) is 4.70. The fourth-order valence-corrected chi connectivity index (χ4v) is 3.06. The van der Waals surface area contributed by atoms with E-state index in [0.717, 1.165) is 5.57 Å². The maximum absolute atomic E-state index is 11.9. The molecule has 16 heavy (non-hydrogen) atoms. The first-order valence-electron chi connectivity index (χ1n) is 4.81. The van der Waals surface area contributed by atoms with Crippen LogP contribution in [0.3, 0.4) is 0 Å². The number of sulfonamides is 1. The van der Waals surface area contributed by atoms with E-state index in [1.165, 1.54) is 0 Å². The third-order valence-corrected chi connectivity index (χ3v) is 4.35. The van der Waals surface area contributed by atoms with Gasteiger partial charge in [-0.1, -0.05) is 23.8 Å². The molecular weight excluding hydrogens is 290 g/mol. The second kappa shape index (κ2) is 5.61. The molecular formula is C11H14BrNO2S. The van der Waals surface area contributed by atoms with Gasteiger partial charge in [0.2, 0.25) is 10.0 Å². The molecule has 0 aliphatic heterocycles. The Bertz CT molecular complexity index is 490. The first-order chi connectivity index (χ1) is 7.43. The van der Waals surface area contributed by atoms with Crippen molar-refractivity contribution < 1.29 is 8.42 Å². The van der Waals surface area contributed by atoms with Gasteiger partial charge in [0.05, 0.1) is 4.90 Å². The molecule has 5 heteroatoms. The minimum absolute atomic E-state index is 0.261. The molecule has 0 fully saturated rings. The van der Waals surface area contributed by atoms with E-state index in [-0.39, 0.29) is 4.90 Å². The molecule has 3 nitrogen and oxygen atoms in total. The molecule has 0 aromatic heterocycles. The van der Waals surface area contributed by atoms with E-state index in [4.69, 9.17) is 0 Å². The Balaban J connectivity index is 2.87. The number of hydrogen-bond acceptors (Lipinski definition) is 2. The number of nitrogens with one attached hydrogen (secondary N) is 1. The van der Waals surface area contributed by atoms with E-state index in [0.29, 0.717) is 11.0 Å². The number of benzene rings is 1. The number of halogens is 1. The molecule has 0 heterocycles. The summed E-state index contributed by atoms with van der Waals surface area (Å²) in [6, 6.07) is 6.74. The van der Waals surface area contributed by atoms with Crippen LogP contribution in [0.4, 0.5) is 0 Å². The number of allylic oxidation sites excluding steroid dienone is 1. The standard InChI is InChI=1S/C11H14BrNO2S/c1-9(2)7-8-13-16(14,15)11-6-4-3-5-10(11)12/h3-7,13H,8H2,1-2H3. The molecule has 88 valence electrons. The van der Waals surface area contributed by atoms with Gasteiger partial charge in [-0.3, -0.25) is 0 Å². The van der Waals surface area contributed by atoms with Gasteiger partial charge >= 0.3 is 0 Å². The van der Waals surface area contributed by atoms with Crippen molar-refractivity contribution >= 4 is 26.0 Å². The average molecular weight is 304 g/mol. The van der Waals surface area contributed by atoms with Crippen LogP contribution in [-0.2, 0) is 10.0 Å². The van der Waals surface area contributed by atoms with Crippen LogP contribution >= 0.6 is 15.9 Å². The van der Waals surface area contributed by atoms with Crippen molar-refractivity contribution in [1.82, 2.24) is 4.72 Å². The maximum Gasteiger partial charge on any atom is 0.241 e. The quantitative estimate of drug-likeness (QED) is 0.869. The maximum atomic E-state index is 11.9. The Morgan fingerprint density at radius 2 is 2.00 bits per heavy atom. The van der Waals surface area contributed by atoms with E-state index in [2.05, 4.69) is 20.7 Å². The molecule has 1 N–H and O–H groups in total. The zero-order valence-electron chi connectivity index (χ0n) is 9.20. The monoisotopic (exact) mass is 303 g/mol. The van der Waals surface area contributed by atoms with E-state index in [1.807, 2.05) is 19.9 Å². The Morgan fingerprint density at radius 1 is 1.38 bits per heavy atom. The predicted molar refractivity (Wildman–Crippen MR) is 68.8 cm³/mol. The molecule has 0 spiro atoms. The molecule has 0 radical (unpaired) electrons. The second-order valence-electron chi connectivity index (χ2n) is 3.56. The summed E-state index contributed by atoms with van der Waals surface area (Å²) in [7, 11) is -3.43. The largest absolute Gasteiger partial charge is 0.241 e. The summed E-state index contributed by atoms with van der Waals surface area (Å²) in [6.45, 7) is 4.16. The molecule has 0 amide bonds. The van der Waals surface area contributed by atoms with Gasteiger partial charge < -0.3 is 0 Å². The van der Waals surface area contributed by atoms with Gasteiger partial charge in [0.25, 0.3) is 0 Å². The van der Waals surface area contributed by atoms with Crippen LogP contribution in [0.5, 0.6) is 0 Å². The molecule has 0 unspecified atom stereocenters. The highest BCUT2D eigenvalue weighted by Gasteiger charge is 2.15. The molecule has 0 atom stereocenters. The summed E-state index contributed by atoms with van der Waals surface area (Å²) in [4.78, 5) is 0.261. The van der Waals surface area contributed by atoms with Crippen molar-refractivity contribution in [3.05, 3.63) is 40.4 Å². The first-order valence-corrected chi connectivity index (χ1v) is 7.08. The lowest BCUT2D eigenvalue weighted by Crippen LogP contribution is -2.24. The second-order valence-corrected chi connectivity index (χ2v) is 6.15. The Hall–Kier alpha value is -0.650. The summed E-state index contributed by atoms with van der Waals surface area (Å²) in [5.74, 6) is 0. The number of rotatable bonds is 4. The molecule has 1 aromatic carbocycles. The summed E-state index contributed by atoms with van der Waals surface area (Å²) in [6.07, 6.45) is 1.83. The molecule has 1 rings (SSSR count). The van der Waals surface area contributed by atoms with E-state index >= 15 is 0 Å². The SMILES string of the molecule is CC(C)=CCNS(=O)(=O)c1ccccc1Br. The lowest BCUT2D eigenvalue weighted by atomic mass is 10.3. The summed E-state index contributed by atoms with van der Waals surface area (Å²) >= 11 is 3.22. The zero-order valence-corrected chi connectivity index (χ0v) is 11.6. The van der Waals surface area contributed by atoms with Crippen molar-refractivity contribution in [2.24, 2.45) is 0 Å². The molecule has 1 aromatic rings. The summed E-state index contributed by atoms with van der Waals surface area (Å²) in [5, 5.41) is 0. The molecule has 0 saturated carbocycles. The van der Waals surface area contributed by atoms with Gasteiger partial charge in [0.15, 0.2) is 0 Å². The lowest BCUT2D eigenvalue weighted by Gasteiger charge is -2.06. The smallest absolute Gasteiger partial charge is 0.207 e. The highest BCUT2D eigenvalue weighted by atomic mass is 79.9. The summed E-state index contributed by atoms with van der Waals surface area (Å²) < 4.78 is 26.8. The topological polar surface area (TPSA) is 46.2 Å². The molecule has 0 aliphatic rings. The first kappa shape index (κ1) is 13.4.